The van der Waals surface area contributed by atoms with Crippen LogP contribution in [0.3, 0.4) is 0 Å². The van der Waals surface area contributed by atoms with Gasteiger partial charge in [0.05, 0.1) is 17.8 Å². The first kappa shape index (κ1) is 22.8. The molecule has 0 saturated carbocycles. The predicted octanol–water partition coefficient (Wildman–Crippen LogP) is 6.61. The van der Waals surface area contributed by atoms with Crippen LogP contribution in [0.1, 0.15) is 21.5 Å². The van der Waals surface area contributed by atoms with Crippen molar-refractivity contribution in [3.8, 4) is 11.5 Å². The van der Waals surface area contributed by atoms with Crippen LogP contribution in [0, 0.1) is 0 Å². The second-order valence-corrected chi connectivity index (χ2v) is 8.47. The highest BCUT2D eigenvalue weighted by Crippen LogP contribution is 2.37. The van der Waals surface area contributed by atoms with Gasteiger partial charge in [0.1, 0.15) is 6.61 Å². The molecule has 5 nitrogen and oxygen atoms in total. The third-order valence-electron chi connectivity index (χ3n) is 4.96. The Balaban J connectivity index is 1.47. The fourth-order valence-corrected chi connectivity index (χ4v) is 4.04. The zero-order valence-corrected chi connectivity index (χ0v) is 20.1. The molecule has 0 fully saturated rings. The number of rotatable bonds is 7. The normalized spacial score (nSPS) is 11.0. The number of halogens is 2. The minimum absolute atomic E-state index is 0.281. The lowest BCUT2D eigenvalue weighted by molar-refractivity contribution is 0.0957. The number of amides is 1. The van der Waals surface area contributed by atoms with Gasteiger partial charge in [-0.05, 0) is 68.2 Å². The highest BCUT2D eigenvalue weighted by molar-refractivity contribution is 9.10. The maximum Gasteiger partial charge on any atom is 0.271 e. The SMILES string of the molecule is COc1cc(/C=N\NC(=O)c2cccc3ccccc23)cc(Br)c1OCc1ccc(Cl)cc1. The second kappa shape index (κ2) is 10.5. The lowest BCUT2D eigenvalue weighted by atomic mass is 10.0. The summed E-state index contributed by atoms with van der Waals surface area (Å²) in [6, 6.07) is 24.4. The van der Waals surface area contributed by atoms with Gasteiger partial charge >= 0.3 is 0 Å². The van der Waals surface area contributed by atoms with E-state index >= 15 is 0 Å². The Bertz CT molecular complexity index is 1320. The fourth-order valence-electron chi connectivity index (χ4n) is 3.34. The highest BCUT2D eigenvalue weighted by Gasteiger charge is 2.12. The van der Waals surface area contributed by atoms with Crippen molar-refractivity contribution in [2.45, 2.75) is 6.61 Å². The van der Waals surface area contributed by atoms with Crippen molar-refractivity contribution in [3.63, 3.8) is 0 Å². The Morgan fingerprint density at radius 2 is 1.82 bits per heavy atom. The Morgan fingerprint density at radius 1 is 1.06 bits per heavy atom. The molecule has 0 saturated heterocycles. The average molecular weight is 524 g/mol. The highest BCUT2D eigenvalue weighted by atomic mass is 79.9. The first-order valence-electron chi connectivity index (χ1n) is 10.1. The molecule has 0 unspecified atom stereocenters. The summed E-state index contributed by atoms with van der Waals surface area (Å²) in [5.74, 6) is 0.835. The average Bonchev–Trinajstić information content (AvgIpc) is 2.83. The number of hydrogen-bond acceptors (Lipinski definition) is 4. The molecule has 166 valence electrons. The number of nitrogens with one attached hydrogen (secondary N) is 1. The number of carbonyl (C=O) groups is 1. The molecular formula is C26H20BrClN2O3. The van der Waals surface area contributed by atoms with Crippen molar-refractivity contribution >= 4 is 50.4 Å². The molecule has 0 aliphatic rings. The summed E-state index contributed by atoms with van der Waals surface area (Å²) < 4.78 is 12.2. The van der Waals surface area contributed by atoms with Crippen LogP contribution in [0.4, 0.5) is 0 Å². The third-order valence-corrected chi connectivity index (χ3v) is 5.80. The molecule has 0 spiro atoms. The molecule has 0 heterocycles. The van der Waals surface area contributed by atoms with Gasteiger partial charge in [0.15, 0.2) is 11.5 Å². The van der Waals surface area contributed by atoms with E-state index in [0.29, 0.717) is 33.2 Å². The minimum atomic E-state index is -0.281. The van der Waals surface area contributed by atoms with Crippen molar-refractivity contribution in [1.82, 2.24) is 5.43 Å². The van der Waals surface area contributed by atoms with Crippen LogP contribution in [0.15, 0.2) is 88.4 Å². The summed E-state index contributed by atoms with van der Waals surface area (Å²) in [6.45, 7) is 0.362. The molecule has 0 aliphatic heterocycles. The number of hydrazone groups is 1. The maximum atomic E-state index is 12.6. The second-order valence-electron chi connectivity index (χ2n) is 7.18. The van der Waals surface area contributed by atoms with E-state index in [2.05, 4.69) is 26.5 Å². The van der Waals surface area contributed by atoms with Crippen molar-refractivity contribution in [2.75, 3.05) is 7.11 Å². The summed E-state index contributed by atoms with van der Waals surface area (Å²) in [7, 11) is 1.57. The fraction of sp³-hybridized carbons (Fsp3) is 0.0769. The van der Waals surface area contributed by atoms with Gasteiger partial charge in [-0.25, -0.2) is 5.43 Å². The molecule has 0 radical (unpaired) electrons. The quantitative estimate of drug-likeness (QED) is 0.219. The van der Waals surface area contributed by atoms with E-state index in [1.165, 1.54) is 0 Å². The smallest absolute Gasteiger partial charge is 0.271 e. The summed E-state index contributed by atoms with van der Waals surface area (Å²) >= 11 is 9.47. The lowest BCUT2D eigenvalue weighted by Gasteiger charge is -2.13. The van der Waals surface area contributed by atoms with Crippen LogP contribution < -0.4 is 14.9 Å². The van der Waals surface area contributed by atoms with Crippen LogP contribution in [0.5, 0.6) is 11.5 Å². The molecule has 0 atom stereocenters. The Hall–Kier alpha value is -3.35. The first-order valence-corrected chi connectivity index (χ1v) is 11.3. The molecule has 0 aliphatic carbocycles. The van der Waals surface area contributed by atoms with Gasteiger partial charge < -0.3 is 9.47 Å². The standard InChI is InChI=1S/C26H20BrClN2O3/c1-32-24-14-18(13-23(27)25(24)33-16-17-9-11-20(28)12-10-17)15-29-30-26(31)22-8-4-6-19-5-2-3-7-21(19)22/h2-15H,16H2,1H3,(H,30,31)/b29-15-. The molecule has 4 rings (SSSR count). The van der Waals surface area contributed by atoms with E-state index in [9.17, 15) is 4.79 Å². The zero-order valence-electron chi connectivity index (χ0n) is 17.7. The van der Waals surface area contributed by atoms with E-state index in [0.717, 1.165) is 21.9 Å². The summed E-state index contributed by atoms with van der Waals surface area (Å²) in [5, 5.41) is 6.66. The molecular weight excluding hydrogens is 504 g/mol. The maximum absolute atomic E-state index is 12.6. The van der Waals surface area contributed by atoms with Crippen molar-refractivity contribution in [3.05, 3.63) is 105 Å². The van der Waals surface area contributed by atoms with Gasteiger partial charge in [-0.3, -0.25) is 4.79 Å². The largest absolute Gasteiger partial charge is 0.493 e. The number of carbonyl (C=O) groups excluding carboxylic acids is 1. The third kappa shape index (κ3) is 5.53. The molecule has 33 heavy (non-hydrogen) atoms. The number of ether oxygens (including phenoxy) is 2. The Labute approximate surface area is 205 Å². The van der Waals surface area contributed by atoms with Gasteiger partial charge in [0, 0.05) is 10.6 Å². The van der Waals surface area contributed by atoms with Crippen LogP contribution >= 0.6 is 27.5 Å². The van der Waals surface area contributed by atoms with Crippen molar-refractivity contribution in [2.24, 2.45) is 5.10 Å². The van der Waals surface area contributed by atoms with E-state index in [1.54, 1.807) is 25.5 Å². The first-order chi connectivity index (χ1) is 16.0. The summed E-state index contributed by atoms with van der Waals surface area (Å²) in [5.41, 5.74) is 4.87. The Kier molecular flexibility index (Phi) is 7.27. The minimum Gasteiger partial charge on any atom is -0.493 e. The van der Waals surface area contributed by atoms with E-state index in [-0.39, 0.29) is 5.91 Å². The van der Waals surface area contributed by atoms with Crippen LogP contribution in [0.2, 0.25) is 5.02 Å². The molecule has 7 heteroatoms. The number of nitrogens with zero attached hydrogens (tertiary/aromatic N) is 1. The molecule has 1 amide bonds. The van der Waals surface area contributed by atoms with Gasteiger partial charge in [0.25, 0.3) is 5.91 Å². The van der Waals surface area contributed by atoms with E-state index < -0.39 is 0 Å². The van der Waals surface area contributed by atoms with Crippen molar-refractivity contribution in [1.29, 1.82) is 0 Å². The van der Waals surface area contributed by atoms with Gasteiger partial charge in [-0.2, -0.15) is 5.10 Å². The van der Waals surface area contributed by atoms with Gasteiger partial charge in [-0.15, -0.1) is 0 Å². The molecule has 1 N–H and O–H groups in total. The molecule has 4 aromatic rings. The lowest BCUT2D eigenvalue weighted by Crippen LogP contribution is -2.17. The van der Waals surface area contributed by atoms with Crippen LogP contribution in [-0.4, -0.2) is 19.2 Å². The predicted molar refractivity (Wildman–Crippen MR) is 135 cm³/mol. The number of methoxy groups -OCH3 is 1. The zero-order chi connectivity index (χ0) is 23.2. The van der Waals surface area contributed by atoms with Crippen LogP contribution in [0.25, 0.3) is 10.8 Å². The van der Waals surface area contributed by atoms with E-state index in [1.807, 2.05) is 66.7 Å². The number of benzene rings is 4. The topological polar surface area (TPSA) is 59.9 Å². The summed E-state index contributed by atoms with van der Waals surface area (Å²) in [6.07, 6.45) is 1.55. The molecule has 4 aromatic carbocycles. The summed E-state index contributed by atoms with van der Waals surface area (Å²) in [4.78, 5) is 12.6. The van der Waals surface area contributed by atoms with E-state index in [4.69, 9.17) is 21.1 Å². The molecule has 0 aromatic heterocycles. The molecule has 0 bridgehead atoms. The van der Waals surface area contributed by atoms with Gasteiger partial charge in [-0.1, -0.05) is 60.1 Å². The van der Waals surface area contributed by atoms with Crippen molar-refractivity contribution < 1.29 is 14.3 Å². The number of fused-ring (bicyclic) bond motifs is 1. The van der Waals surface area contributed by atoms with Crippen LogP contribution in [-0.2, 0) is 6.61 Å². The Morgan fingerprint density at radius 3 is 2.61 bits per heavy atom. The van der Waals surface area contributed by atoms with Gasteiger partial charge in [0.2, 0.25) is 0 Å². The number of hydrogen-bond donors (Lipinski definition) is 1. The monoisotopic (exact) mass is 522 g/mol.